The average molecular weight is 258 g/mol. The highest BCUT2D eigenvalue weighted by Gasteiger charge is 2.47. The van der Waals surface area contributed by atoms with Crippen LogP contribution < -0.4 is 0 Å². The first-order valence-corrected chi connectivity index (χ1v) is 5.14. The van der Waals surface area contributed by atoms with Crippen LogP contribution in [0.5, 0.6) is 0 Å². The van der Waals surface area contributed by atoms with Crippen molar-refractivity contribution in [1.82, 2.24) is 0 Å². The number of aryl methyl sites for hydroxylation is 1. The summed E-state index contributed by atoms with van der Waals surface area (Å²) in [6, 6.07) is 6.08. The predicted octanol–water partition coefficient (Wildman–Crippen LogP) is 2.26. The van der Waals surface area contributed by atoms with Gasteiger partial charge in [0.05, 0.1) is 5.56 Å². The number of rotatable bonds is 4. The molecular weight excluding hydrogens is 246 g/mol. The highest BCUT2D eigenvalue weighted by Crippen LogP contribution is 2.22. The first-order valence-electron chi connectivity index (χ1n) is 5.14. The molecular formula is C12H12F2O4. The minimum atomic E-state index is -4.11. The molecule has 0 amide bonds. The van der Waals surface area contributed by atoms with Gasteiger partial charge in [-0.15, -0.1) is 0 Å². The van der Waals surface area contributed by atoms with Crippen molar-refractivity contribution >= 4 is 11.9 Å². The van der Waals surface area contributed by atoms with Crippen LogP contribution in [0, 0.1) is 6.92 Å². The van der Waals surface area contributed by atoms with Crippen molar-refractivity contribution in [3.8, 4) is 0 Å². The van der Waals surface area contributed by atoms with Crippen LogP contribution in [0.1, 0.15) is 22.8 Å². The van der Waals surface area contributed by atoms with Crippen LogP contribution in [-0.4, -0.2) is 29.1 Å². The van der Waals surface area contributed by atoms with Crippen LogP contribution in [0.3, 0.4) is 0 Å². The molecule has 0 aliphatic heterocycles. The third kappa shape index (κ3) is 3.03. The van der Waals surface area contributed by atoms with Crippen molar-refractivity contribution in [2.75, 3.05) is 0 Å². The van der Waals surface area contributed by atoms with E-state index in [1.807, 2.05) is 0 Å². The Morgan fingerprint density at radius 3 is 2.22 bits per heavy atom. The van der Waals surface area contributed by atoms with Gasteiger partial charge in [-0.3, -0.25) is 0 Å². The number of hydrogen-bond donors (Lipinski definition) is 1. The van der Waals surface area contributed by atoms with E-state index in [-0.39, 0.29) is 5.56 Å². The van der Waals surface area contributed by atoms with E-state index in [0.717, 1.165) is 12.5 Å². The monoisotopic (exact) mass is 258 g/mol. The Morgan fingerprint density at radius 2 is 1.78 bits per heavy atom. The minimum Gasteiger partial charge on any atom is -0.477 e. The van der Waals surface area contributed by atoms with Crippen LogP contribution in [0.15, 0.2) is 24.3 Å². The van der Waals surface area contributed by atoms with Gasteiger partial charge in [-0.1, -0.05) is 17.7 Å². The third-order valence-corrected chi connectivity index (χ3v) is 2.37. The zero-order valence-electron chi connectivity index (χ0n) is 9.81. The highest BCUT2D eigenvalue weighted by atomic mass is 19.3. The van der Waals surface area contributed by atoms with Crippen LogP contribution in [0.4, 0.5) is 8.78 Å². The highest BCUT2D eigenvalue weighted by molar-refractivity contribution is 5.90. The average Bonchev–Trinajstić information content (AvgIpc) is 2.29. The Balaban J connectivity index is 2.76. The summed E-state index contributed by atoms with van der Waals surface area (Å²) < 4.78 is 30.4. The standard InChI is InChI=1S/C12H12F2O4/c1-7-3-5-9(6-4-7)10(15)18-8(2)12(13,14)11(16)17/h3-6,8H,1-2H3,(H,16,17). The number of benzene rings is 1. The fraction of sp³-hybridized carbons (Fsp3) is 0.333. The number of alkyl halides is 2. The van der Waals surface area contributed by atoms with E-state index in [0.29, 0.717) is 0 Å². The molecule has 1 N–H and O–H groups in total. The van der Waals surface area contributed by atoms with Gasteiger partial charge in [-0.05, 0) is 26.0 Å². The van der Waals surface area contributed by atoms with Crippen molar-refractivity contribution in [3.05, 3.63) is 35.4 Å². The molecule has 0 bridgehead atoms. The first-order chi connectivity index (χ1) is 8.25. The largest absolute Gasteiger partial charge is 0.477 e. The van der Waals surface area contributed by atoms with Gasteiger partial charge in [0, 0.05) is 0 Å². The Hall–Kier alpha value is -1.98. The molecule has 6 heteroatoms. The lowest BCUT2D eigenvalue weighted by atomic mass is 10.1. The fourth-order valence-corrected chi connectivity index (χ4v) is 1.17. The Kier molecular flexibility index (Phi) is 4.00. The van der Waals surface area contributed by atoms with Crippen LogP contribution >= 0.6 is 0 Å². The number of carbonyl (C=O) groups excluding carboxylic acids is 1. The van der Waals surface area contributed by atoms with E-state index in [2.05, 4.69) is 4.74 Å². The number of ether oxygens (including phenoxy) is 1. The molecule has 98 valence electrons. The van der Waals surface area contributed by atoms with E-state index in [1.165, 1.54) is 12.1 Å². The van der Waals surface area contributed by atoms with E-state index >= 15 is 0 Å². The summed E-state index contributed by atoms with van der Waals surface area (Å²) >= 11 is 0. The van der Waals surface area contributed by atoms with E-state index < -0.39 is 24.0 Å². The molecule has 1 aromatic rings. The van der Waals surface area contributed by atoms with E-state index in [1.54, 1.807) is 19.1 Å². The fourth-order valence-electron chi connectivity index (χ4n) is 1.17. The molecule has 0 saturated heterocycles. The molecule has 0 heterocycles. The Labute approximate surface area is 102 Å². The zero-order chi connectivity index (χ0) is 13.9. The number of halogens is 2. The number of carbonyl (C=O) groups is 2. The quantitative estimate of drug-likeness (QED) is 0.841. The van der Waals surface area contributed by atoms with Gasteiger partial charge >= 0.3 is 17.9 Å². The van der Waals surface area contributed by atoms with Crippen molar-refractivity contribution < 1.29 is 28.2 Å². The molecule has 1 aromatic carbocycles. The summed E-state index contributed by atoms with van der Waals surface area (Å²) in [4.78, 5) is 21.8. The maximum absolute atomic E-state index is 13.0. The maximum atomic E-state index is 13.0. The summed E-state index contributed by atoms with van der Waals surface area (Å²) in [5.74, 6) is -7.42. The van der Waals surface area contributed by atoms with Gasteiger partial charge in [0.2, 0.25) is 0 Å². The summed E-state index contributed by atoms with van der Waals surface area (Å²) in [6.45, 7) is 2.64. The lowest BCUT2D eigenvalue weighted by Crippen LogP contribution is -2.42. The van der Waals surface area contributed by atoms with Crippen molar-refractivity contribution in [1.29, 1.82) is 0 Å². The minimum absolute atomic E-state index is 0.0913. The molecule has 0 radical (unpaired) electrons. The molecule has 0 spiro atoms. The van der Waals surface area contributed by atoms with Crippen molar-refractivity contribution in [2.24, 2.45) is 0 Å². The number of carboxylic acids is 1. The van der Waals surface area contributed by atoms with Gasteiger partial charge in [0.25, 0.3) is 0 Å². The van der Waals surface area contributed by atoms with E-state index in [9.17, 15) is 18.4 Å². The summed E-state index contributed by atoms with van der Waals surface area (Å²) in [6.07, 6.45) is -2.04. The van der Waals surface area contributed by atoms with Crippen LogP contribution in [0.2, 0.25) is 0 Å². The second-order valence-electron chi connectivity index (χ2n) is 3.84. The number of hydrogen-bond acceptors (Lipinski definition) is 3. The molecule has 1 unspecified atom stereocenters. The normalized spacial score (nSPS) is 12.9. The van der Waals surface area contributed by atoms with E-state index in [4.69, 9.17) is 5.11 Å². The molecule has 1 atom stereocenters. The van der Waals surface area contributed by atoms with Gasteiger partial charge in [-0.25, -0.2) is 9.59 Å². The summed E-state index contributed by atoms with van der Waals surface area (Å²) in [5.41, 5.74) is 0.990. The van der Waals surface area contributed by atoms with Crippen molar-refractivity contribution in [2.45, 2.75) is 25.9 Å². The summed E-state index contributed by atoms with van der Waals surface area (Å²) in [5, 5.41) is 8.29. The second-order valence-corrected chi connectivity index (χ2v) is 3.84. The summed E-state index contributed by atoms with van der Waals surface area (Å²) in [7, 11) is 0. The zero-order valence-corrected chi connectivity index (χ0v) is 9.81. The SMILES string of the molecule is Cc1ccc(C(=O)OC(C)C(F)(F)C(=O)O)cc1. The van der Waals surface area contributed by atoms with Gasteiger partial charge in [0.15, 0.2) is 6.10 Å². The maximum Gasteiger partial charge on any atom is 0.378 e. The van der Waals surface area contributed by atoms with Gasteiger partial charge in [-0.2, -0.15) is 8.78 Å². The third-order valence-electron chi connectivity index (χ3n) is 2.37. The molecule has 0 aliphatic carbocycles. The van der Waals surface area contributed by atoms with Gasteiger partial charge in [0.1, 0.15) is 0 Å². The molecule has 0 aromatic heterocycles. The lowest BCUT2D eigenvalue weighted by molar-refractivity contribution is -0.180. The Morgan fingerprint density at radius 1 is 1.28 bits per heavy atom. The van der Waals surface area contributed by atoms with Crippen LogP contribution in [0.25, 0.3) is 0 Å². The number of carboxylic acid groups (broad SMARTS) is 1. The Bertz CT molecular complexity index is 454. The number of esters is 1. The predicted molar refractivity (Wildman–Crippen MR) is 58.6 cm³/mol. The molecule has 1 rings (SSSR count). The van der Waals surface area contributed by atoms with Crippen LogP contribution in [-0.2, 0) is 9.53 Å². The smallest absolute Gasteiger partial charge is 0.378 e. The molecule has 4 nitrogen and oxygen atoms in total. The van der Waals surface area contributed by atoms with Crippen molar-refractivity contribution in [3.63, 3.8) is 0 Å². The first kappa shape index (κ1) is 14.1. The molecule has 18 heavy (non-hydrogen) atoms. The molecule has 0 fully saturated rings. The molecule has 0 saturated carbocycles. The molecule has 0 aliphatic rings. The van der Waals surface area contributed by atoms with Gasteiger partial charge < -0.3 is 9.84 Å². The lowest BCUT2D eigenvalue weighted by Gasteiger charge is -2.19. The topological polar surface area (TPSA) is 63.6 Å². The second kappa shape index (κ2) is 5.12. The number of aliphatic carboxylic acids is 1.